The largest absolute Gasteiger partial charge is 0.480 e. The van der Waals surface area contributed by atoms with Crippen LogP contribution in [0.4, 0.5) is 0 Å². The topological polar surface area (TPSA) is 153 Å². The standard InChI is InChI=1S/C16H23N3O7S/c1-7(20)17-8(14(23)24)5-4-6-9(21)18-10-12(22)19-11(15(25)26)16(2,3)27-13(10)19/h8,10-11,13H,4-6H2,1-3H3,(H,17,20)(H,18,21)(H,23,24)(H,25,26)/t8?,10-,11+,13-/m1/s1. The van der Waals surface area contributed by atoms with Crippen molar-refractivity contribution in [3.63, 3.8) is 0 Å². The molecule has 1 unspecified atom stereocenters. The Morgan fingerprint density at radius 3 is 2.41 bits per heavy atom. The predicted molar refractivity (Wildman–Crippen MR) is 94.8 cm³/mol. The molecule has 0 radical (unpaired) electrons. The van der Waals surface area contributed by atoms with E-state index in [4.69, 9.17) is 5.11 Å². The Labute approximate surface area is 160 Å². The lowest BCUT2D eigenvalue weighted by molar-refractivity contribution is -0.161. The monoisotopic (exact) mass is 401 g/mol. The van der Waals surface area contributed by atoms with Gasteiger partial charge < -0.3 is 25.7 Å². The van der Waals surface area contributed by atoms with Crippen molar-refractivity contribution in [1.29, 1.82) is 0 Å². The Bertz CT molecular complexity index is 681. The summed E-state index contributed by atoms with van der Waals surface area (Å²) in [5.41, 5.74) is 0. The molecule has 2 saturated heterocycles. The molecule has 2 rings (SSSR count). The quantitative estimate of drug-likeness (QED) is 0.393. The van der Waals surface area contributed by atoms with E-state index in [1.54, 1.807) is 13.8 Å². The first-order valence-electron chi connectivity index (χ1n) is 8.47. The fourth-order valence-electron chi connectivity index (χ4n) is 3.36. The van der Waals surface area contributed by atoms with Crippen LogP contribution >= 0.6 is 11.8 Å². The minimum absolute atomic E-state index is 0.00369. The predicted octanol–water partition coefficient (Wildman–Crippen LogP) is -0.622. The number of carboxylic acid groups (broad SMARTS) is 2. The Kier molecular flexibility index (Phi) is 6.03. The molecule has 0 spiro atoms. The summed E-state index contributed by atoms with van der Waals surface area (Å²) in [7, 11) is 0. The maximum Gasteiger partial charge on any atom is 0.327 e. The van der Waals surface area contributed by atoms with Gasteiger partial charge in [0.2, 0.25) is 17.7 Å². The lowest BCUT2D eigenvalue weighted by Gasteiger charge is -2.43. The van der Waals surface area contributed by atoms with Crippen LogP contribution in [0.5, 0.6) is 0 Å². The van der Waals surface area contributed by atoms with Gasteiger partial charge in [-0.2, -0.15) is 0 Å². The highest BCUT2D eigenvalue weighted by atomic mass is 32.2. The summed E-state index contributed by atoms with van der Waals surface area (Å²) in [4.78, 5) is 59.1. The highest BCUT2D eigenvalue weighted by Gasteiger charge is 2.64. The van der Waals surface area contributed by atoms with Gasteiger partial charge in [-0.3, -0.25) is 14.4 Å². The van der Waals surface area contributed by atoms with Gasteiger partial charge in [0, 0.05) is 18.1 Å². The maximum atomic E-state index is 12.3. The van der Waals surface area contributed by atoms with Gasteiger partial charge in [-0.25, -0.2) is 9.59 Å². The van der Waals surface area contributed by atoms with E-state index >= 15 is 0 Å². The van der Waals surface area contributed by atoms with Crippen LogP contribution in [0.3, 0.4) is 0 Å². The average Bonchev–Trinajstić information content (AvgIpc) is 2.79. The van der Waals surface area contributed by atoms with E-state index in [0.29, 0.717) is 0 Å². The maximum absolute atomic E-state index is 12.3. The van der Waals surface area contributed by atoms with Crippen LogP contribution in [0.25, 0.3) is 0 Å². The number of carbonyl (C=O) groups excluding carboxylic acids is 3. The van der Waals surface area contributed by atoms with E-state index in [-0.39, 0.29) is 19.3 Å². The molecule has 0 saturated carbocycles. The zero-order valence-electron chi connectivity index (χ0n) is 15.2. The van der Waals surface area contributed by atoms with E-state index in [1.807, 2.05) is 0 Å². The minimum Gasteiger partial charge on any atom is -0.480 e. The molecule has 0 aromatic heterocycles. The Hall–Kier alpha value is -2.30. The highest BCUT2D eigenvalue weighted by molar-refractivity contribution is 8.01. The fourth-order valence-corrected chi connectivity index (χ4v) is 4.99. The van der Waals surface area contributed by atoms with Gasteiger partial charge >= 0.3 is 11.9 Å². The first-order valence-corrected chi connectivity index (χ1v) is 9.35. The van der Waals surface area contributed by atoms with E-state index < -0.39 is 57.9 Å². The molecular formula is C16H23N3O7S. The molecule has 2 aliphatic rings. The van der Waals surface area contributed by atoms with Gasteiger partial charge in [0.1, 0.15) is 23.5 Å². The summed E-state index contributed by atoms with van der Waals surface area (Å²) < 4.78 is -0.668. The molecule has 11 heteroatoms. The molecule has 27 heavy (non-hydrogen) atoms. The van der Waals surface area contributed by atoms with E-state index in [2.05, 4.69) is 10.6 Å². The molecule has 0 aromatic rings. The van der Waals surface area contributed by atoms with Crippen LogP contribution in [0, 0.1) is 0 Å². The Balaban J connectivity index is 1.85. The number of hydrogen-bond acceptors (Lipinski definition) is 6. The van der Waals surface area contributed by atoms with Crippen molar-refractivity contribution in [3.05, 3.63) is 0 Å². The first-order chi connectivity index (χ1) is 12.5. The third-order valence-corrected chi connectivity index (χ3v) is 6.14. The highest BCUT2D eigenvalue weighted by Crippen LogP contribution is 2.50. The average molecular weight is 401 g/mol. The molecule has 4 atom stereocenters. The number of hydrogen-bond donors (Lipinski definition) is 4. The minimum atomic E-state index is -1.18. The molecule has 2 fully saturated rings. The number of rotatable bonds is 8. The number of amides is 3. The van der Waals surface area contributed by atoms with Gasteiger partial charge in [0.05, 0.1) is 0 Å². The van der Waals surface area contributed by atoms with Crippen molar-refractivity contribution >= 4 is 41.4 Å². The van der Waals surface area contributed by atoms with Crippen molar-refractivity contribution in [2.75, 3.05) is 0 Å². The van der Waals surface area contributed by atoms with Crippen molar-refractivity contribution < 1.29 is 34.2 Å². The van der Waals surface area contributed by atoms with Crippen LogP contribution in [0.2, 0.25) is 0 Å². The van der Waals surface area contributed by atoms with Gasteiger partial charge in [0.15, 0.2) is 0 Å². The molecular weight excluding hydrogens is 378 g/mol. The number of fused-ring (bicyclic) bond motifs is 1. The van der Waals surface area contributed by atoms with Crippen molar-refractivity contribution in [2.45, 2.75) is 68.3 Å². The van der Waals surface area contributed by atoms with Gasteiger partial charge in [-0.1, -0.05) is 0 Å². The summed E-state index contributed by atoms with van der Waals surface area (Å²) in [5.74, 6) is -3.58. The SMILES string of the molecule is CC(=O)NC(CCCC(=O)N[C@@H]1C(=O)N2[C@@H]1SC(C)(C)[C@@H]2C(=O)O)C(=O)O. The number of nitrogens with one attached hydrogen (secondary N) is 2. The van der Waals surface area contributed by atoms with E-state index in [0.717, 1.165) is 0 Å². The van der Waals surface area contributed by atoms with Crippen LogP contribution < -0.4 is 10.6 Å². The van der Waals surface area contributed by atoms with Crippen LogP contribution in [0.1, 0.15) is 40.0 Å². The lowest BCUT2D eigenvalue weighted by atomic mass is 9.96. The van der Waals surface area contributed by atoms with Crippen LogP contribution in [-0.2, 0) is 24.0 Å². The normalized spacial score (nSPS) is 26.6. The fraction of sp³-hybridized carbons (Fsp3) is 0.688. The Morgan fingerprint density at radius 2 is 1.89 bits per heavy atom. The smallest absolute Gasteiger partial charge is 0.327 e. The molecule has 0 aliphatic carbocycles. The summed E-state index contributed by atoms with van der Waals surface area (Å²) in [6.45, 7) is 4.70. The zero-order chi connectivity index (χ0) is 20.5. The summed E-state index contributed by atoms with van der Waals surface area (Å²) in [6.07, 6.45) is 0.296. The third kappa shape index (κ3) is 4.34. The lowest BCUT2D eigenvalue weighted by Crippen LogP contribution is -2.70. The molecule has 2 aliphatic heterocycles. The third-order valence-electron chi connectivity index (χ3n) is 4.56. The number of aliphatic carboxylic acids is 2. The summed E-state index contributed by atoms with van der Waals surface area (Å²) in [5, 5.41) is 22.8. The number of thioether (sulfide) groups is 1. The molecule has 2 heterocycles. The molecule has 3 amide bonds. The van der Waals surface area contributed by atoms with Gasteiger partial charge in [-0.15, -0.1) is 11.8 Å². The number of β-lactam (4-membered cyclic amide) rings is 1. The van der Waals surface area contributed by atoms with Gasteiger partial charge in [-0.05, 0) is 26.7 Å². The number of nitrogens with zero attached hydrogens (tertiary/aromatic N) is 1. The molecule has 0 aromatic carbocycles. The summed E-state index contributed by atoms with van der Waals surface area (Å²) in [6, 6.07) is -2.79. The molecule has 150 valence electrons. The number of carboxylic acids is 2. The van der Waals surface area contributed by atoms with Crippen LogP contribution in [0.15, 0.2) is 0 Å². The second-order valence-corrected chi connectivity index (χ2v) is 8.90. The second-order valence-electron chi connectivity index (χ2n) is 7.13. The number of carbonyl (C=O) groups is 5. The van der Waals surface area contributed by atoms with Crippen molar-refractivity contribution in [1.82, 2.24) is 15.5 Å². The molecule has 10 nitrogen and oxygen atoms in total. The van der Waals surface area contributed by atoms with Gasteiger partial charge in [0.25, 0.3) is 0 Å². The van der Waals surface area contributed by atoms with Crippen molar-refractivity contribution in [2.24, 2.45) is 0 Å². The van der Waals surface area contributed by atoms with E-state index in [9.17, 15) is 29.1 Å². The first kappa shape index (κ1) is 21.0. The zero-order valence-corrected chi connectivity index (χ0v) is 16.0. The van der Waals surface area contributed by atoms with E-state index in [1.165, 1.54) is 23.6 Å². The molecule has 0 bridgehead atoms. The van der Waals surface area contributed by atoms with Crippen molar-refractivity contribution in [3.8, 4) is 0 Å². The summed E-state index contributed by atoms with van der Waals surface area (Å²) >= 11 is 1.33. The van der Waals surface area contributed by atoms with Crippen LogP contribution in [-0.4, -0.2) is 73.0 Å². The second kappa shape index (κ2) is 7.75. The molecule has 4 N–H and O–H groups in total. The Morgan fingerprint density at radius 1 is 1.26 bits per heavy atom.